The molecule has 0 bridgehead atoms. The summed E-state index contributed by atoms with van der Waals surface area (Å²) in [4.78, 5) is 16.6. The molecule has 6 aromatic rings. The Hall–Kier alpha value is -5.40. The summed E-state index contributed by atoms with van der Waals surface area (Å²) in [5.74, 6) is -0.661. The molecule has 0 unspecified atom stereocenters. The summed E-state index contributed by atoms with van der Waals surface area (Å²) in [6.07, 6.45) is 1.09. The molecule has 2 aromatic heterocycles. The highest BCUT2D eigenvalue weighted by atomic mass is 32.2. The number of carbonyl (C=O) groups excluding carboxylic acids is 1. The highest BCUT2D eigenvalue weighted by molar-refractivity contribution is 7.92. The lowest BCUT2D eigenvalue weighted by Gasteiger charge is -2.21. The van der Waals surface area contributed by atoms with Crippen LogP contribution in [-0.4, -0.2) is 39.7 Å². The highest BCUT2D eigenvalue weighted by Gasteiger charge is 2.26. The van der Waals surface area contributed by atoms with E-state index in [4.69, 9.17) is 4.42 Å². The van der Waals surface area contributed by atoms with Crippen molar-refractivity contribution >= 4 is 43.5 Å². The van der Waals surface area contributed by atoms with Crippen LogP contribution in [0, 0.1) is 17.1 Å². The predicted molar refractivity (Wildman–Crippen MR) is 166 cm³/mol. The average molecular weight is 593 g/mol. The maximum atomic E-state index is 13.7. The molecule has 0 saturated heterocycles. The number of carbonyl (C=O) groups is 1. The zero-order chi connectivity index (χ0) is 30.5. The standard InChI is InChI=1S/C33H25FN4O4S/c1-36-33(39)31-26-16-25(22-12-19(18-35)13-23(14-22)28-15-21-6-4-5-7-27(21)37-28)29(38(2)43(3,40)41)17-30(26)42-32(31)20-8-10-24(34)11-9-20/h4-17,37H,1-3H3,(H,36,39). The molecular formula is C33H25FN4O4S. The molecule has 0 aliphatic carbocycles. The minimum Gasteiger partial charge on any atom is -0.455 e. The van der Waals surface area contributed by atoms with Crippen molar-refractivity contribution in [3.63, 3.8) is 0 Å². The number of benzene rings is 4. The van der Waals surface area contributed by atoms with Gasteiger partial charge in [0, 0.05) is 53.3 Å². The van der Waals surface area contributed by atoms with Crippen LogP contribution >= 0.6 is 0 Å². The van der Waals surface area contributed by atoms with Gasteiger partial charge in [0.2, 0.25) is 10.0 Å². The van der Waals surface area contributed by atoms with Crippen molar-refractivity contribution in [2.45, 2.75) is 0 Å². The molecule has 0 radical (unpaired) electrons. The third kappa shape index (κ3) is 5.00. The first-order valence-corrected chi connectivity index (χ1v) is 15.1. The fraction of sp³-hybridized carbons (Fsp3) is 0.0909. The van der Waals surface area contributed by atoms with E-state index in [0.717, 1.165) is 32.7 Å². The number of aromatic amines is 1. The van der Waals surface area contributed by atoms with E-state index in [1.807, 2.05) is 36.4 Å². The Kier molecular flexibility index (Phi) is 6.75. The monoisotopic (exact) mass is 592 g/mol. The molecule has 0 fully saturated rings. The van der Waals surface area contributed by atoms with Gasteiger partial charge in [0.05, 0.1) is 29.1 Å². The van der Waals surface area contributed by atoms with Crippen molar-refractivity contribution in [1.29, 1.82) is 5.26 Å². The minimum absolute atomic E-state index is 0.212. The summed E-state index contributed by atoms with van der Waals surface area (Å²) in [5.41, 5.74) is 5.08. The van der Waals surface area contributed by atoms with Crippen molar-refractivity contribution in [3.05, 3.63) is 102 Å². The lowest BCUT2D eigenvalue weighted by Crippen LogP contribution is -2.25. The number of hydrogen-bond donors (Lipinski definition) is 2. The van der Waals surface area contributed by atoms with Crippen LogP contribution in [-0.2, 0) is 10.0 Å². The van der Waals surface area contributed by atoms with Crippen LogP contribution in [0.15, 0.2) is 89.3 Å². The van der Waals surface area contributed by atoms with Crippen molar-refractivity contribution in [2.24, 2.45) is 0 Å². The van der Waals surface area contributed by atoms with E-state index < -0.39 is 21.7 Å². The number of anilines is 1. The molecule has 43 heavy (non-hydrogen) atoms. The van der Waals surface area contributed by atoms with Gasteiger partial charge in [-0.3, -0.25) is 9.10 Å². The summed E-state index contributed by atoms with van der Waals surface area (Å²) in [5, 5.41) is 14.0. The Morgan fingerprint density at radius 1 is 0.977 bits per heavy atom. The molecular weight excluding hydrogens is 567 g/mol. The van der Waals surface area contributed by atoms with Gasteiger partial charge in [0.1, 0.15) is 17.2 Å². The number of fused-ring (bicyclic) bond motifs is 2. The van der Waals surface area contributed by atoms with Crippen LogP contribution < -0.4 is 9.62 Å². The van der Waals surface area contributed by atoms with Gasteiger partial charge in [-0.25, -0.2) is 12.8 Å². The second-order valence-electron chi connectivity index (χ2n) is 10.2. The number of halogens is 1. The van der Waals surface area contributed by atoms with Crippen molar-refractivity contribution in [2.75, 3.05) is 24.7 Å². The van der Waals surface area contributed by atoms with E-state index >= 15 is 0 Å². The molecule has 2 N–H and O–H groups in total. The number of H-pyrrole nitrogens is 1. The van der Waals surface area contributed by atoms with Gasteiger partial charge in [-0.05, 0) is 71.8 Å². The summed E-state index contributed by atoms with van der Waals surface area (Å²) in [6.45, 7) is 0. The Bertz CT molecular complexity index is 2180. The number of nitriles is 1. The maximum Gasteiger partial charge on any atom is 0.255 e. The number of nitrogens with one attached hydrogen (secondary N) is 2. The first kappa shape index (κ1) is 27.8. The van der Waals surface area contributed by atoms with Crippen LogP contribution in [0.5, 0.6) is 0 Å². The molecule has 6 rings (SSSR count). The highest BCUT2D eigenvalue weighted by Crippen LogP contribution is 2.42. The molecule has 2 heterocycles. The fourth-order valence-electron chi connectivity index (χ4n) is 5.19. The van der Waals surface area contributed by atoms with E-state index in [2.05, 4.69) is 16.4 Å². The predicted octanol–water partition coefficient (Wildman–Crippen LogP) is 6.68. The summed E-state index contributed by atoms with van der Waals surface area (Å²) < 4.78 is 46.5. The van der Waals surface area contributed by atoms with E-state index in [0.29, 0.717) is 27.6 Å². The molecule has 4 aromatic carbocycles. The van der Waals surface area contributed by atoms with E-state index in [-0.39, 0.29) is 22.6 Å². The van der Waals surface area contributed by atoms with Crippen molar-refractivity contribution < 1.29 is 22.0 Å². The van der Waals surface area contributed by atoms with E-state index in [1.165, 1.54) is 38.4 Å². The topological polar surface area (TPSA) is 119 Å². The fourth-order valence-corrected chi connectivity index (χ4v) is 5.70. The zero-order valence-electron chi connectivity index (χ0n) is 23.4. The molecule has 0 aliphatic rings. The van der Waals surface area contributed by atoms with Gasteiger partial charge in [-0.2, -0.15) is 5.26 Å². The summed E-state index contributed by atoms with van der Waals surface area (Å²) in [7, 11) is -0.814. The number of para-hydroxylation sites is 1. The molecule has 0 saturated carbocycles. The number of nitrogens with zero attached hydrogens (tertiary/aromatic N) is 2. The minimum atomic E-state index is -3.73. The Labute approximate surface area is 247 Å². The van der Waals surface area contributed by atoms with E-state index in [1.54, 1.807) is 24.3 Å². The molecule has 0 aliphatic heterocycles. The van der Waals surface area contributed by atoms with Crippen molar-refractivity contribution in [3.8, 4) is 39.8 Å². The summed E-state index contributed by atoms with van der Waals surface area (Å²) in [6, 6.07) is 26.1. The maximum absolute atomic E-state index is 13.7. The quantitative estimate of drug-likeness (QED) is 0.224. The SMILES string of the molecule is CNC(=O)c1c(-c2ccc(F)cc2)oc2cc(N(C)S(C)(=O)=O)c(-c3cc(C#N)cc(-c4cc5ccccc5[nH]4)c3)cc12. The Balaban J connectivity index is 1.65. The smallest absolute Gasteiger partial charge is 0.255 e. The van der Waals surface area contributed by atoms with Gasteiger partial charge in [-0.1, -0.05) is 18.2 Å². The van der Waals surface area contributed by atoms with Gasteiger partial charge in [0.15, 0.2) is 0 Å². The van der Waals surface area contributed by atoms with Crippen LogP contribution in [0.3, 0.4) is 0 Å². The van der Waals surface area contributed by atoms with Crippen LogP contribution in [0.25, 0.3) is 55.6 Å². The number of sulfonamides is 1. The average Bonchev–Trinajstić information content (AvgIpc) is 3.61. The number of furan rings is 1. The lowest BCUT2D eigenvalue weighted by molar-refractivity contribution is 0.0964. The number of aromatic nitrogens is 1. The number of amides is 1. The first-order chi connectivity index (χ1) is 20.6. The van der Waals surface area contributed by atoms with Crippen molar-refractivity contribution in [1.82, 2.24) is 10.3 Å². The summed E-state index contributed by atoms with van der Waals surface area (Å²) >= 11 is 0. The third-order valence-electron chi connectivity index (χ3n) is 7.42. The molecule has 0 spiro atoms. The molecule has 0 atom stereocenters. The van der Waals surface area contributed by atoms with Gasteiger partial charge in [-0.15, -0.1) is 0 Å². The van der Waals surface area contributed by atoms with E-state index in [9.17, 15) is 22.9 Å². The molecule has 1 amide bonds. The van der Waals surface area contributed by atoms with Crippen LogP contribution in [0.4, 0.5) is 10.1 Å². The van der Waals surface area contributed by atoms with Crippen LogP contribution in [0.1, 0.15) is 15.9 Å². The van der Waals surface area contributed by atoms with Crippen LogP contribution in [0.2, 0.25) is 0 Å². The Morgan fingerprint density at radius 2 is 1.70 bits per heavy atom. The second-order valence-corrected chi connectivity index (χ2v) is 12.2. The normalized spacial score (nSPS) is 11.5. The van der Waals surface area contributed by atoms with Gasteiger partial charge < -0.3 is 14.7 Å². The molecule has 8 nitrogen and oxygen atoms in total. The zero-order valence-corrected chi connectivity index (χ0v) is 24.2. The number of rotatable bonds is 6. The Morgan fingerprint density at radius 3 is 2.37 bits per heavy atom. The number of hydrogen-bond acceptors (Lipinski definition) is 5. The third-order valence-corrected chi connectivity index (χ3v) is 8.61. The molecule has 214 valence electrons. The molecule has 10 heteroatoms. The second kappa shape index (κ2) is 10.5. The largest absolute Gasteiger partial charge is 0.455 e. The van der Waals surface area contributed by atoms with Gasteiger partial charge >= 0.3 is 0 Å². The first-order valence-electron chi connectivity index (χ1n) is 13.2. The van der Waals surface area contributed by atoms with Gasteiger partial charge in [0.25, 0.3) is 5.91 Å². The lowest BCUT2D eigenvalue weighted by atomic mass is 9.95.